The molecule has 0 saturated carbocycles. The molecule has 0 saturated heterocycles. The standard InChI is InChI=1S/C14H12Br2N2O2/c1-20-14(19)13(12-7-4-10(16)8-17-12)18-11-5-2-9(15)3-6-11/h2-8,13,18H,1H3. The topological polar surface area (TPSA) is 51.2 Å². The summed E-state index contributed by atoms with van der Waals surface area (Å²) in [5, 5.41) is 3.12. The molecule has 1 heterocycles. The van der Waals surface area contributed by atoms with Gasteiger partial charge in [0.1, 0.15) is 0 Å². The lowest BCUT2D eigenvalue weighted by atomic mass is 10.1. The van der Waals surface area contributed by atoms with Crippen molar-refractivity contribution >= 4 is 43.5 Å². The van der Waals surface area contributed by atoms with E-state index in [1.807, 2.05) is 30.3 Å². The second kappa shape index (κ2) is 6.85. The van der Waals surface area contributed by atoms with Crippen LogP contribution in [0.15, 0.2) is 51.5 Å². The van der Waals surface area contributed by atoms with Gasteiger partial charge in [0.25, 0.3) is 0 Å². The molecule has 1 aromatic heterocycles. The van der Waals surface area contributed by atoms with Gasteiger partial charge in [-0.3, -0.25) is 4.98 Å². The lowest BCUT2D eigenvalue weighted by Gasteiger charge is -2.17. The summed E-state index contributed by atoms with van der Waals surface area (Å²) >= 11 is 6.69. The molecule has 6 heteroatoms. The first-order valence-corrected chi connectivity index (χ1v) is 7.40. The highest BCUT2D eigenvalue weighted by Crippen LogP contribution is 2.22. The van der Waals surface area contributed by atoms with Crippen molar-refractivity contribution in [3.8, 4) is 0 Å². The predicted octanol–water partition coefficient (Wildman–Crippen LogP) is 3.93. The zero-order valence-electron chi connectivity index (χ0n) is 10.6. The van der Waals surface area contributed by atoms with Gasteiger partial charge in [-0.15, -0.1) is 0 Å². The minimum Gasteiger partial charge on any atom is -0.467 e. The molecule has 0 aliphatic heterocycles. The zero-order chi connectivity index (χ0) is 14.5. The van der Waals surface area contributed by atoms with Crippen molar-refractivity contribution in [1.29, 1.82) is 0 Å². The van der Waals surface area contributed by atoms with E-state index in [1.165, 1.54) is 7.11 Å². The van der Waals surface area contributed by atoms with Crippen LogP contribution in [-0.4, -0.2) is 18.1 Å². The summed E-state index contributed by atoms with van der Waals surface area (Å²) in [7, 11) is 1.36. The van der Waals surface area contributed by atoms with E-state index >= 15 is 0 Å². The van der Waals surface area contributed by atoms with Crippen LogP contribution in [0.25, 0.3) is 0 Å². The monoisotopic (exact) mass is 398 g/mol. The molecule has 2 aromatic rings. The summed E-state index contributed by atoms with van der Waals surface area (Å²) in [6.07, 6.45) is 1.65. The lowest BCUT2D eigenvalue weighted by molar-refractivity contribution is -0.141. The van der Waals surface area contributed by atoms with Crippen LogP contribution in [0.5, 0.6) is 0 Å². The normalized spacial score (nSPS) is 11.8. The van der Waals surface area contributed by atoms with E-state index < -0.39 is 6.04 Å². The van der Waals surface area contributed by atoms with Crippen molar-refractivity contribution in [2.75, 3.05) is 12.4 Å². The Morgan fingerprint density at radius 3 is 2.35 bits per heavy atom. The quantitative estimate of drug-likeness (QED) is 0.791. The number of nitrogens with one attached hydrogen (secondary N) is 1. The van der Waals surface area contributed by atoms with Crippen molar-refractivity contribution < 1.29 is 9.53 Å². The molecular weight excluding hydrogens is 388 g/mol. The fraction of sp³-hybridized carbons (Fsp3) is 0.143. The minimum absolute atomic E-state index is 0.386. The van der Waals surface area contributed by atoms with Gasteiger partial charge in [-0.25, -0.2) is 4.79 Å². The Morgan fingerprint density at radius 1 is 1.15 bits per heavy atom. The maximum atomic E-state index is 11.9. The van der Waals surface area contributed by atoms with Gasteiger partial charge in [0.15, 0.2) is 6.04 Å². The van der Waals surface area contributed by atoms with Gasteiger partial charge >= 0.3 is 5.97 Å². The maximum absolute atomic E-state index is 11.9. The van der Waals surface area contributed by atoms with Crippen LogP contribution in [0.1, 0.15) is 11.7 Å². The number of halogens is 2. The Bertz CT molecular complexity index is 585. The van der Waals surface area contributed by atoms with Crippen molar-refractivity contribution in [2.45, 2.75) is 6.04 Å². The minimum atomic E-state index is -0.644. The molecule has 4 nitrogen and oxygen atoms in total. The van der Waals surface area contributed by atoms with Crippen LogP contribution >= 0.6 is 31.9 Å². The van der Waals surface area contributed by atoms with Crippen molar-refractivity contribution in [3.63, 3.8) is 0 Å². The first-order valence-electron chi connectivity index (χ1n) is 5.81. The molecule has 2 rings (SSSR count). The number of esters is 1. The number of anilines is 1. The van der Waals surface area contributed by atoms with Crippen LogP contribution < -0.4 is 5.32 Å². The van der Waals surface area contributed by atoms with Gasteiger partial charge in [-0.1, -0.05) is 15.9 Å². The van der Waals surface area contributed by atoms with Gasteiger partial charge in [0.05, 0.1) is 12.8 Å². The van der Waals surface area contributed by atoms with E-state index in [0.717, 1.165) is 14.6 Å². The molecule has 0 radical (unpaired) electrons. The number of methoxy groups -OCH3 is 1. The molecule has 1 aromatic carbocycles. The van der Waals surface area contributed by atoms with E-state index in [9.17, 15) is 4.79 Å². The summed E-state index contributed by atoms with van der Waals surface area (Å²) in [6.45, 7) is 0. The number of benzene rings is 1. The average Bonchev–Trinajstić information content (AvgIpc) is 2.47. The zero-order valence-corrected chi connectivity index (χ0v) is 13.8. The smallest absolute Gasteiger partial charge is 0.334 e. The number of pyridine rings is 1. The summed E-state index contributed by atoms with van der Waals surface area (Å²) < 4.78 is 6.66. The Balaban J connectivity index is 2.26. The number of ether oxygens (including phenoxy) is 1. The Hall–Kier alpha value is -1.40. The van der Waals surface area contributed by atoms with Crippen LogP contribution in [-0.2, 0) is 9.53 Å². The number of carbonyl (C=O) groups excluding carboxylic acids is 1. The van der Waals surface area contributed by atoms with Crippen molar-refractivity contribution in [2.24, 2.45) is 0 Å². The van der Waals surface area contributed by atoms with Gasteiger partial charge in [0, 0.05) is 20.8 Å². The molecule has 0 amide bonds. The van der Waals surface area contributed by atoms with Gasteiger partial charge < -0.3 is 10.1 Å². The van der Waals surface area contributed by atoms with E-state index in [1.54, 1.807) is 12.3 Å². The highest BCUT2D eigenvalue weighted by Gasteiger charge is 2.22. The number of nitrogens with zero attached hydrogens (tertiary/aromatic N) is 1. The molecule has 0 spiro atoms. The van der Waals surface area contributed by atoms with E-state index in [0.29, 0.717) is 5.69 Å². The molecule has 1 atom stereocenters. The SMILES string of the molecule is COC(=O)C(Nc1ccc(Br)cc1)c1ccc(Br)cn1. The molecule has 0 fully saturated rings. The van der Waals surface area contributed by atoms with Crippen LogP contribution in [0.3, 0.4) is 0 Å². The second-order valence-corrected chi connectivity index (χ2v) is 5.84. The third kappa shape index (κ3) is 3.80. The van der Waals surface area contributed by atoms with Crippen molar-refractivity contribution in [3.05, 3.63) is 57.2 Å². The predicted molar refractivity (Wildman–Crippen MR) is 84.5 cm³/mol. The highest BCUT2D eigenvalue weighted by atomic mass is 79.9. The number of hydrogen-bond acceptors (Lipinski definition) is 4. The summed E-state index contributed by atoms with van der Waals surface area (Å²) in [4.78, 5) is 16.2. The second-order valence-electron chi connectivity index (χ2n) is 4.01. The first kappa shape index (κ1) is 15.0. The number of aromatic nitrogens is 1. The maximum Gasteiger partial charge on any atom is 0.334 e. The molecule has 0 aliphatic carbocycles. The van der Waals surface area contributed by atoms with E-state index in [-0.39, 0.29) is 5.97 Å². The third-order valence-electron chi connectivity index (χ3n) is 2.64. The molecular formula is C14H12Br2N2O2. The molecule has 1 N–H and O–H groups in total. The molecule has 0 bridgehead atoms. The van der Waals surface area contributed by atoms with Gasteiger partial charge in [-0.2, -0.15) is 0 Å². The van der Waals surface area contributed by atoms with Crippen LogP contribution in [0.4, 0.5) is 5.69 Å². The van der Waals surface area contributed by atoms with E-state index in [2.05, 4.69) is 42.2 Å². The molecule has 0 aliphatic rings. The summed E-state index contributed by atoms with van der Waals surface area (Å²) in [6, 6.07) is 10.5. The van der Waals surface area contributed by atoms with E-state index in [4.69, 9.17) is 4.74 Å². The fourth-order valence-corrected chi connectivity index (χ4v) is 2.14. The average molecular weight is 400 g/mol. The van der Waals surface area contributed by atoms with Gasteiger partial charge in [0.2, 0.25) is 0 Å². The van der Waals surface area contributed by atoms with Crippen LogP contribution in [0, 0.1) is 0 Å². The lowest BCUT2D eigenvalue weighted by Crippen LogP contribution is -2.23. The van der Waals surface area contributed by atoms with Crippen LogP contribution in [0.2, 0.25) is 0 Å². The van der Waals surface area contributed by atoms with Crippen molar-refractivity contribution in [1.82, 2.24) is 4.98 Å². The van der Waals surface area contributed by atoms with Gasteiger partial charge in [-0.05, 0) is 52.3 Å². The first-order chi connectivity index (χ1) is 9.60. The Kier molecular flexibility index (Phi) is 5.14. The number of rotatable bonds is 4. The number of hydrogen-bond donors (Lipinski definition) is 1. The Morgan fingerprint density at radius 2 is 1.80 bits per heavy atom. The highest BCUT2D eigenvalue weighted by molar-refractivity contribution is 9.10. The Labute approximate surface area is 133 Å². The fourth-order valence-electron chi connectivity index (χ4n) is 1.64. The molecule has 104 valence electrons. The largest absolute Gasteiger partial charge is 0.467 e. The third-order valence-corrected chi connectivity index (χ3v) is 3.64. The summed E-state index contributed by atoms with van der Waals surface area (Å²) in [5.41, 5.74) is 1.41. The summed E-state index contributed by atoms with van der Waals surface area (Å²) in [5.74, 6) is -0.386. The molecule has 1 unspecified atom stereocenters. The molecule has 20 heavy (non-hydrogen) atoms. The number of carbonyl (C=O) groups is 1.